The lowest BCUT2D eigenvalue weighted by Gasteiger charge is -2.21. The summed E-state index contributed by atoms with van der Waals surface area (Å²) in [7, 11) is 0. The van der Waals surface area contributed by atoms with Gasteiger partial charge in [0.2, 0.25) is 0 Å². The van der Waals surface area contributed by atoms with Crippen molar-refractivity contribution in [3.8, 4) is 0 Å². The first-order valence-electron chi connectivity index (χ1n) is 5.89. The fourth-order valence-corrected chi connectivity index (χ4v) is 4.44. The fraction of sp³-hybridized carbons (Fsp3) is 0.538. The van der Waals surface area contributed by atoms with E-state index in [1.165, 1.54) is 29.4 Å². The highest BCUT2D eigenvalue weighted by Crippen LogP contribution is 2.23. The highest BCUT2D eigenvalue weighted by Gasteiger charge is 2.12. The number of benzene rings is 1. The molecule has 1 N–H and O–H groups in total. The molecule has 16 heavy (non-hydrogen) atoms. The quantitative estimate of drug-likeness (QED) is 0.810. The first-order chi connectivity index (χ1) is 7.95. The molecule has 0 aliphatic carbocycles. The maximum atomic E-state index is 3.57. The third-order valence-electron chi connectivity index (χ3n) is 2.69. The maximum Gasteiger partial charge on any atom is 0.0263 e. The Labute approximate surface area is 107 Å². The van der Waals surface area contributed by atoms with Gasteiger partial charge in [-0.25, -0.2) is 0 Å². The van der Waals surface area contributed by atoms with Crippen LogP contribution in [0, 0.1) is 0 Å². The molecular formula is C13H19NS2. The Morgan fingerprint density at radius 1 is 1.19 bits per heavy atom. The lowest BCUT2D eigenvalue weighted by molar-refractivity contribution is 0.681. The molecule has 0 spiro atoms. The summed E-state index contributed by atoms with van der Waals surface area (Å²) >= 11 is 4.22. The van der Waals surface area contributed by atoms with E-state index < -0.39 is 0 Å². The van der Waals surface area contributed by atoms with Gasteiger partial charge >= 0.3 is 0 Å². The molecule has 0 aromatic heterocycles. The average Bonchev–Trinajstić information content (AvgIpc) is 2.37. The van der Waals surface area contributed by atoms with E-state index in [1.807, 2.05) is 0 Å². The van der Waals surface area contributed by atoms with Crippen LogP contribution in [0.1, 0.15) is 5.56 Å². The normalized spacial score (nSPS) is 20.9. The van der Waals surface area contributed by atoms with E-state index in [9.17, 15) is 0 Å². The van der Waals surface area contributed by atoms with Crippen LogP contribution in [-0.4, -0.2) is 35.6 Å². The molecule has 88 valence electrons. The molecule has 1 heterocycles. The van der Waals surface area contributed by atoms with Gasteiger partial charge < -0.3 is 5.32 Å². The van der Waals surface area contributed by atoms with Crippen molar-refractivity contribution in [2.24, 2.45) is 0 Å². The molecule has 1 aliphatic rings. The zero-order chi connectivity index (χ0) is 11.1. The van der Waals surface area contributed by atoms with Crippen molar-refractivity contribution in [2.45, 2.75) is 11.7 Å². The van der Waals surface area contributed by atoms with Crippen LogP contribution < -0.4 is 5.32 Å². The number of thioether (sulfide) groups is 2. The summed E-state index contributed by atoms with van der Waals surface area (Å²) in [5, 5.41) is 4.40. The van der Waals surface area contributed by atoms with Crippen molar-refractivity contribution in [3.05, 3.63) is 35.9 Å². The SMILES string of the molecule is c1ccc(CCNCC2CSCCS2)cc1. The number of nitrogens with one attached hydrogen (secondary N) is 1. The summed E-state index contributed by atoms with van der Waals surface area (Å²) in [5.74, 6) is 3.99. The molecule has 1 fully saturated rings. The zero-order valence-electron chi connectivity index (χ0n) is 9.52. The van der Waals surface area contributed by atoms with E-state index in [2.05, 4.69) is 59.2 Å². The maximum absolute atomic E-state index is 3.57. The topological polar surface area (TPSA) is 12.0 Å². The van der Waals surface area contributed by atoms with Crippen molar-refractivity contribution in [1.82, 2.24) is 5.32 Å². The van der Waals surface area contributed by atoms with Crippen molar-refractivity contribution >= 4 is 23.5 Å². The summed E-state index contributed by atoms with van der Waals surface area (Å²) < 4.78 is 0. The third kappa shape index (κ3) is 4.40. The Morgan fingerprint density at radius 2 is 2.06 bits per heavy atom. The van der Waals surface area contributed by atoms with E-state index in [1.54, 1.807) is 0 Å². The van der Waals surface area contributed by atoms with E-state index in [0.29, 0.717) is 0 Å². The predicted molar refractivity (Wildman–Crippen MR) is 76.6 cm³/mol. The molecule has 0 bridgehead atoms. The number of hydrogen-bond acceptors (Lipinski definition) is 3. The zero-order valence-corrected chi connectivity index (χ0v) is 11.2. The molecule has 1 atom stereocenters. The minimum atomic E-state index is 0.828. The standard InChI is InChI=1S/C13H19NS2/c1-2-4-12(5-3-1)6-7-14-10-13-11-15-8-9-16-13/h1-5,13-14H,6-11H2. The molecule has 0 radical (unpaired) electrons. The minimum Gasteiger partial charge on any atom is -0.315 e. The molecule has 0 amide bonds. The van der Waals surface area contributed by atoms with Crippen LogP contribution in [-0.2, 0) is 6.42 Å². The molecule has 1 saturated heterocycles. The van der Waals surface area contributed by atoms with E-state index in [4.69, 9.17) is 0 Å². The summed E-state index contributed by atoms with van der Waals surface area (Å²) in [5.41, 5.74) is 1.43. The van der Waals surface area contributed by atoms with E-state index >= 15 is 0 Å². The lowest BCUT2D eigenvalue weighted by atomic mass is 10.1. The minimum absolute atomic E-state index is 0.828. The Bertz CT molecular complexity index is 283. The Morgan fingerprint density at radius 3 is 2.81 bits per heavy atom. The van der Waals surface area contributed by atoms with E-state index in [-0.39, 0.29) is 0 Å². The van der Waals surface area contributed by atoms with Gasteiger partial charge in [0, 0.05) is 29.1 Å². The fourth-order valence-electron chi connectivity index (χ4n) is 1.79. The largest absolute Gasteiger partial charge is 0.315 e. The summed E-state index contributed by atoms with van der Waals surface area (Å²) in [6, 6.07) is 10.7. The van der Waals surface area contributed by atoms with Gasteiger partial charge in [-0.1, -0.05) is 30.3 Å². The highest BCUT2D eigenvalue weighted by molar-refractivity contribution is 8.06. The molecule has 0 saturated carbocycles. The first-order valence-corrected chi connectivity index (χ1v) is 8.09. The second-order valence-corrected chi connectivity index (χ2v) is 6.57. The van der Waals surface area contributed by atoms with Crippen LogP contribution in [0.5, 0.6) is 0 Å². The molecular weight excluding hydrogens is 234 g/mol. The van der Waals surface area contributed by atoms with Gasteiger partial charge in [-0.2, -0.15) is 23.5 Å². The van der Waals surface area contributed by atoms with Gasteiger partial charge in [0.15, 0.2) is 0 Å². The van der Waals surface area contributed by atoms with Crippen LogP contribution in [0.2, 0.25) is 0 Å². The van der Waals surface area contributed by atoms with Gasteiger partial charge in [-0.05, 0) is 18.5 Å². The summed E-state index contributed by atoms with van der Waals surface area (Å²) in [4.78, 5) is 0. The van der Waals surface area contributed by atoms with Crippen molar-refractivity contribution in [3.63, 3.8) is 0 Å². The molecule has 3 heteroatoms. The van der Waals surface area contributed by atoms with E-state index in [0.717, 1.165) is 18.2 Å². The van der Waals surface area contributed by atoms with Crippen molar-refractivity contribution in [1.29, 1.82) is 0 Å². The third-order valence-corrected chi connectivity index (χ3v) is 5.54. The average molecular weight is 253 g/mol. The van der Waals surface area contributed by atoms with Crippen LogP contribution >= 0.6 is 23.5 Å². The van der Waals surface area contributed by atoms with Gasteiger partial charge in [0.05, 0.1) is 0 Å². The van der Waals surface area contributed by atoms with Crippen LogP contribution in [0.3, 0.4) is 0 Å². The predicted octanol–water partition coefficient (Wildman–Crippen LogP) is 2.67. The van der Waals surface area contributed by atoms with Gasteiger partial charge in [-0.3, -0.25) is 0 Å². The van der Waals surface area contributed by atoms with Crippen LogP contribution in [0.4, 0.5) is 0 Å². The molecule has 1 unspecified atom stereocenters. The van der Waals surface area contributed by atoms with Gasteiger partial charge in [0.25, 0.3) is 0 Å². The van der Waals surface area contributed by atoms with Crippen molar-refractivity contribution in [2.75, 3.05) is 30.3 Å². The molecule has 1 aromatic carbocycles. The Balaban J connectivity index is 1.58. The summed E-state index contributed by atoms with van der Waals surface area (Å²) in [6.45, 7) is 2.27. The number of hydrogen-bond donors (Lipinski definition) is 1. The summed E-state index contributed by atoms with van der Waals surface area (Å²) in [6.07, 6.45) is 1.14. The monoisotopic (exact) mass is 253 g/mol. The van der Waals surface area contributed by atoms with Gasteiger partial charge in [-0.15, -0.1) is 0 Å². The Kier molecular flexibility index (Phi) is 5.59. The molecule has 2 rings (SSSR count). The molecule has 1 aromatic rings. The molecule has 1 aliphatic heterocycles. The second-order valence-electron chi connectivity index (χ2n) is 4.01. The first kappa shape index (κ1) is 12.3. The van der Waals surface area contributed by atoms with Gasteiger partial charge in [0.1, 0.15) is 0 Å². The van der Waals surface area contributed by atoms with Crippen LogP contribution in [0.15, 0.2) is 30.3 Å². The second kappa shape index (κ2) is 7.25. The highest BCUT2D eigenvalue weighted by atomic mass is 32.2. The molecule has 1 nitrogen and oxygen atoms in total. The smallest absolute Gasteiger partial charge is 0.0263 e. The lowest BCUT2D eigenvalue weighted by Crippen LogP contribution is -2.30. The van der Waals surface area contributed by atoms with Crippen molar-refractivity contribution < 1.29 is 0 Å². The van der Waals surface area contributed by atoms with Crippen LogP contribution in [0.25, 0.3) is 0 Å². The number of rotatable bonds is 5. The Hall–Kier alpha value is -0.120.